The second kappa shape index (κ2) is 8.34. The molecular weight excluding hydrogens is 299 g/mol. The van der Waals surface area contributed by atoms with E-state index in [-0.39, 0.29) is 5.82 Å². The third-order valence-corrected chi connectivity index (χ3v) is 3.54. The van der Waals surface area contributed by atoms with Crippen LogP contribution in [0.25, 0.3) is 0 Å². The number of nitrogens with one attached hydrogen (secondary N) is 2. The van der Waals surface area contributed by atoms with Gasteiger partial charge in [0.15, 0.2) is 5.11 Å². The van der Waals surface area contributed by atoms with Gasteiger partial charge in [-0.15, -0.1) is 0 Å². The molecule has 0 aliphatic carbocycles. The van der Waals surface area contributed by atoms with Crippen LogP contribution < -0.4 is 15.4 Å². The number of rotatable bonds is 6. The summed E-state index contributed by atoms with van der Waals surface area (Å²) in [5, 5.41) is 6.77. The molecule has 0 heterocycles. The number of hydrogen-bond acceptors (Lipinski definition) is 2. The lowest BCUT2D eigenvalue weighted by atomic mass is 10.1. The van der Waals surface area contributed by atoms with Crippen molar-refractivity contribution in [1.29, 1.82) is 0 Å². The van der Waals surface area contributed by atoms with Crippen LogP contribution in [0.1, 0.15) is 11.1 Å². The highest BCUT2D eigenvalue weighted by molar-refractivity contribution is 7.80. The Bertz CT molecular complexity index is 616. The van der Waals surface area contributed by atoms with Crippen molar-refractivity contribution in [3.8, 4) is 5.75 Å². The Morgan fingerprint density at radius 3 is 2.50 bits per heavy atom. The quantitative estimate of drug-likeness (QED) is 0.802. The molecule has 116 valence electrons. The first-order valence-corrected chi connectivity index (χ1v) is 7.48. The third-order valence-electron chi connectivity index (χ3n) is 3.25. The molecule has 3 nitrogen and oxygen atoms in total. The largest absolute Gasteiger partial charge is 0.497 e. The van der Waals surface area contributed by atoms with Crippen LogP contribution >= 0.6 is 12.2 Å². The first-order valence-electron chi connectivity index (χ1n) is 7.07. The van der Waals surface area contributed by atoms with E-state index in [0.717, 1.165) is 11.3 Å². The van der Waals surface area contributed by atoms with Gasteiger partial charge in [0.2, 0.25) is 0 Å². The summed E-state index contributed by atoms with van der Waals surface area (Å²) in [4.78, 5) is 0. The molecule has 0 bridgehead atoms. The third kappa shape index (κ3) is 5.00. The second-order valence-electron chi connectivity index (χ2n) is 4.80. The van der Waals surface area contributed by atoms with Crippen LogP contribution in [-0.2, 0) is 13.0 Å². The maximum Gasteiger partial charge on any atom is 0.166 e. The maximum absolute atomic E-state index is 13.5. The first kappa shape index (κ1) is 16.2. The second-order valence-corrected chi connectivity index (χ2v) is 5.21. The number of ether oxygens (including phenoxy) is 1. The molecule has 5 heteroatoms. The van der Waals surface area contributed by atoms with Crippen LogP contribution in [0.3, 0.4) is 0 Å². The van der Waals surface area contributed by atoms with E-state index in [4.69, 9.17) is 17.0 Å². The Balaban J connectivity index is 1.70. The summed E-state index contributed by atoms with van der Waals surface area (Å²) >= 11 is 5.21. The molecule has 0 aliphatic heterocycles. The van der Waals surface area contributed by atoms with Gasteiger partial charge < -0.3 is 15.4 Å². The topological polar surface area (TPSA) is 33.3 Å². The Morgan fingerprint density at radius 2 is 1.82 bits per heavy atom. The Morgan fingerprint density at radius 1 is 1.09 bits per heavy atom. The summed E-state index contributed by atoms with van der Waals surface area (Å²) in [6.45, 7) is 1.23. The standard InChI is InChI=1S/C17H19FN2OS/c1-21-15-8-6-13(7-9-15)12-20-17(22)19-11-10-14-4-2-3-5-16(14)18/h2-9H,10-12H2,1H3,(H2,19,20,22). The fourth-order valence-electron chi connectivity index (χ4n) is 2.00. The number of methoxy groups -OCH3 is 1. The van der Waals surface area contributed by atoms with E-state index in [1.165, 1.54) is 6.07 Å². The molecule has 2 aromatic rings. The van der Waals surface area contributed by atoms with E-state index in [2.05, 4.69) is 10.6 Å². The van der Waals surface area contributed by atoms with Gasteiger partial charge in [-0.2, -0.15) is 0 Å². The van der Waals surface area contributed by atoms with E-state index in [9.17, 15) is 4.39 Å². The molecule has 2 aromatic carbocycles. The molecule has 0 atom stereocenters. The lowest BCUT2D eigenvalue weighted by molar-refractivity contribution is 0.414. The van der Waals surface area contributed by atoms with Crippen molar-refractivity contribution < 1.29 is 9.13 Å². The van der Waals surface area contributed by atoms with Gasteiger partial charge in [-0.25, -0.2) is 4.39 Å². The van der Waals surface area contributed by atoms with Gasteiger partial charge in [-0.1, -0.05) is 30.3 Å². The van der Waals surface area contributed by atoms with Gasteiger partial charge in [0.25, 0.3) is 0 Å². The smallest absolute Gasteiger partial charge is 0.166 e. The predicted octanol–water partition coefficient (Wildman–Crippen LogP) is 3.04. The Hall–Kier alpha value is -2.14. The summed E-state index contributed by atoms with van der Waals surface area (Å²) in [5.41, 5.74) is 1.80. The van der Waals surface area contributed by atoms with Crippen molar-refractivity contribution in [2.24, 2.45) is 0 Å². The van der Waals surface area contributed by atoms with Crippen LogP contribution in [0.15, 0.2) is 48.5 Å². The zero-order valence-corrected chi connectivity index (χ0v) is 13.3. The van der Waals surface area contributed by atoms with Crippen molar-refractivity contribution in [3.63, 3.8) is 0 Å². The molecular formula is C17H19FN2OS. The monoisotopic (exact) mass is 318 g/mol. The van der Waals surface area contributed by atoms with Gasteiger partial charge in [-0.05, 0) is 48.0 Å². The predicted molar refractivity (Wildman–Crippen MR) is 90.5 cm³/mol. The van der Waals surface area contributed by atoms with Crippen molar-refractivity contribution in [1.82, 2.24) is 10.6 Å². The molecule has 22 heavy (non-hydrogen) atoms. The van der Waals surface area contributed by atoms with Crippen molar-refractivity contribution in [2.45, 2.75) is 13.0 Å². The molecule has 0 aliphatic rings. The minimum absolute atomic E-state index is 0.179. The molecule has 0 saturated heterocycles. The van der Waals surface area contributed by atoms with Crippen molar-refractivity contribution >= 4 is 17.3 Å². The van der Waals surface area contributed by atoms with Crippen molar-refractivity contribution in [2.75, 3.05) is 13.7 Å². The SMILES string of the molecule is COc1ccc(CNC(=S)NCCc2ccccc2F)cc1. The van der Waals surface area contributed by atoms with Crippen LogP contribution in [0.4, 0.5) is 4.39 Å². The number of benzene rings is 2. The highest BCUT2D eigenvalue weighted by atomic mass is 32.1. The van der Waals surface area contributed by atoms with E-state index in [1.54, 1.807) is 19.2 Å². The number of hydrogen-bond donors (Lipinski definition) is 2. The average molecular weight is 318 g/mol. The summed E-state index contributed by atoms with van der Waals surface area (Å²) in [6, 6.07) is 14.5. The zero-order chi connectivity index (χ0) is 15.8. The zero-order valence-electron chi connectivity index (χ0n) is 12.4. The van der Waals surface area contributed by atoms with Crippen LogP contribution in [-0.4, -0.2) is 18.8 Å². The molecule has 0 unspecified atom stereocenters. The molecule has 0 aromatic heterocycles. The molecule has 0 radical (unpaired) electrons. The van der Waals surface area contributed by atoms with E-state index >= 15 is 0 Å². The van der Waals surface area contributed by atoms with Crippen LogP contribution in [0.2, 0.25) is 0 Å². The Labute approximate surface area is 135 Å². The van der Waals surface area contributed by atoms with E-state index < -0.39 is 0 Å². The van der Waals surface area contributed by atoms with Gasteiger partial charge >= 0.3 is 0 Å². The van der Waals surface area contributed by atoms with Crippen LogP contribution in [0.5, 0.6) is 5.75 Å². The molecule has 0 spiro atoms. The normalized spacial score (nSPS) is 10.1. The lowest BCUT2D eigenvalue weighted by Crippen LogP contribution is -2.35. The van der Waals surface area contributed by atoms with Gasteiger partial charge in [0.1, 0.15) is 11.6 Å². The highest BCUT2D eigenvalue weighted by Gasteiger charge is 2.01. The number of halogens is 1. The highest BCUT2D eigenvalue weighted by Crippen LogP contribution is 2.10. The fourth-order valence-corrected chi connectivity index (χ4v) is 2.17. The molecule has 0 amide bonds. The van der Waals surface area contributed by atoms with Gasteiger partial charge in [0.05, 0.1) is 7.11 Å². The minimum atomic E-state index is -0.179. The summed E-state index contributed by atoms with van der Waals surface area (Å²) in [6.07, 6.45) is 0.594. The molecule has 2 rings (SSSR count). The van der Waals surface area contributed by atoms with Gasteiger partial charge in [-0.3, -0.25) is 0 Å². The number of thiocarbonyl (C=S) groups is 1. The van der Waals surface area contributed by atoms with Crippen LogP contribution in [0, 0.1) is 5.82 Å². The lowest BCUT2D eigenvalue weighted by Gasteiger charge is -2.11. The van der Waals surface area contributed by atoms with E-state index in [0.29, 0.717) is 30.2 Å². The molecule has 0 saturated carbocycles. The Kier molecular flexibility index (Phi) is 6.15. The summed E-state index contributed by atoms with van der Waals surface area (Å²) < 4.78 is 18.6. The minimum Gasteiger partial charge on any atom is -0.497 e. The van der Waals surface area contributed by atoms with E-state index in [1.807, 2.05) is 30.3 Å². The maximum atomic E-state index is 13.5. The van der Waals surface area contributed by atoms with Crippen molar-refractivity contribution in [3.05, 3.63) is 65.5 Å². The van der Waals surface area contributed by atoms with Gasteiger partial charge in [0, 0.05) is 13.1 Å². The fraction of sp³-hybridized carbons (Fsp3) is 0.235. The molecule has 2 N–H and O–H groups in total. The molecule has 0 fully saturated rings. The first-order chi connectivity index (χ1) is 10.7. The summed E-state index contributed by atoms with van der Waals surface area (Å²) in [7, 11) is 1.64. The summed E-state index contributed by atoms with van der Waals surface area (Å²) in [5.74, 6) is 0.649. The average Bonchev–Trinajstić information content (AvgIpc) is 2.55.